The second-order valence-corrected chi connectivity index (χ2v) is 6.74. The molecule has 4 heteroatoms. The molecule has 0 atom stereocenters. The summed E-state index contributed by atoms with van der Waals surface area (Å²) >= 11 is 0. The summed E-state index contributed by atoms with van der Waals surface area (Å²) in [6.07, 6.45) is 0.917. The van der Waals surface area contributed by atoms with Crippen LogP contribution in [0.4, 0.5) is 4.79 Å². The van der Waals surface area contributed by atoms with Gasteiger partial charge in [-0.15, -0.1) is 0 Å². The van der Waals surface area contributed by atoms with E-state index in [0.717, 1.165) is 12.8 Å². The van der Waals surface area contributed by atoms with Gasteiger partial charge in [-0.2, -0.15) is 0 Å². The second kappa shape index (κ2) is 4.48. The van der Waals surface area contributed by atoms with Crippen LogP contribution in [0.25, 0.3) is 0 Å². The Kier molecular flexibility index (Phi) is 3.77. The highest BCUT2D eigenvalue weighted by Crippen LogP contribution is 2.32. The topological polar surface area (TPSA) is 52.6 Å². The Hall–Kier alpha value is -0.770. The summed E-state index contributed by atoms with van der Waals surface area (Å²) in [5, 5.41) is 12.9. The Balaban J connectivity index is 2.92. The first kappa shape index (κ1) is 14.3. The summed E-state index contributed by atoms with van der Waals surface area (Å²) in [5.41, 5.74) is -0.0377. The van der Waals surface area contributed by atoms with Crippen molar-refractivity contribution < 1.29 is 9.90 Å². The predicted molar refractivity (Wildman–Crippen MR) is 69.3 cm³/mol. The fourth-order valence-corrected chi connectivity index (χ4v) is 3.26. The SMILES string of the molecule is CC(C)N(C(=O)O)C1CC(C)(C)NC(C)(C)C1. The molecule has 0 aromatic carbocycles. The standard InChI is InChI=1S/C13H26N2O2/c1-9(2)15(11(16)17)10-7-12(3,4)14-13(5,6)8-10/h9-10,14H,7-8H2,1-6H3,(H,16,17). The van der Waals surface area contributed by atoms with Crippen LogP contribution < -0.4 is 5.32 Å². The summed E-state index contributed by atoms with van der Waals surface area (Å²) in [6, 6.07) is 0.126. The number of carboxylic acid groups (broad SMARTS) is 1. The molecule has 0 radical (unpaired) electrons. The van der Waals surface area contributed by atoms with Crippen molar-refractivity contribution in [3.05, 3.63) is 0 Å². The molecule has 0 saturated carbocycles. The molecule has 1 rings (SSSR count). The van der Waals surface area contributed by atoms with Gasteiger partial charge in [-0.05, 0) is 54.4 Å². The fourth-order valence-electron chi connectivity index (χ4n) is 3.26. The maximum Gasteiger partial charge on any atom is 0.407 e. The van der Waals surface area contributed by atoms with Crippen molar-refractivity contribution in [1.82, 2.24) is 10.2 Å². The second-order valence-electron chi connectivity index (χ2n) is 6.74. The highest BCUT2D eigenvalue weighted by Gasteiger charge is 2.41. The van der Waals surface area contributed by atoms with Gasteiger partial charge in [0.2, 0.25) is 0 Å². The zero-order valence-corrected chi connectivity index (χ0v) is 11.9. The van der Waals surface area contributed by atoms with Gasteiger partial charge >= 0.3 is 6.09 Å². The van der Waals surface area contributed by atoms with Crippen molar-refractivity contribution in [2.24, 2.45) is 0 Å². The van der Waals surface area contributed by atoms with Crippen molar-refractivity contribution in [3.8, 4) is 0 Å². The number of nitrogens with one attached hydrogen (secondary N) is 1. The number of amides is 1. The van der Waals surface area contributed by atoms with Gasteiger partial charge in [0.05, 0.1) is 0 Å². The third-order valence-electron chi connectivity index (χ3n) is 3.34. The average molecular weight is 242 g/mol. The lowest BCUT2D eigenvalue weighted by Gasteiger charge is -2.49. The lowest BCUT2D eigenvalue weighted by molar-refractivity contribution is 0.0484. The molecule has 1 heterocycles. The third kappa shape index (κ3) is 3.60. The first-order valence-corrected chi connectivity index (χ1v) is 6.35. The van der Waals surface area contributed by atoms with E-state index in [1.807, 2.05) is 13.8 Å². The zero-order chi connectivity index (χ0) is 13.4. The smallest absolute Gasteiger partial charge is 0.407 e. The van der Waals surface area contributed by atoms with Crippen LogP contribution in [-0.2, 0) is 0 Å². The van der Waals surface area contributed by atoms with Gasteiger partial charge in [-0.1, -0.05) is 0 Å². The summed E-state index contributed by atoms with van der Waals surface area (Å²) in [4.78, 5) is 13.0. The largest absolute Gasteiger partial charge is 0.465 e. The molecule has 1 amide bonds. The lowest BCUT2D eigenvalue weighted by atomic mass is 9.79. The zero-order valence-electron chi connectivity index (χ0n) is 11.9. The van der Waals surface area contributed by atoms with Crippen LogP contribution in [0.1, 0.15) is 54.4 Å². The molecule has 4 nitrogen and oxygen atoms in total. The number of carbonyl (C=O) groups is 1. The molecule has 100 valence electrons. The van der Waals surface area contributed by atoms with E-state index in [1.54, 1.807) is 4.90 Å². The molecule has 0 aromatic heterocycles. The predicted octanol–water partition coefficient (Wildman–Crippen LogP) is 2.68. The molecule has 0 bridgehead atoms. The molecule has 0 unspecified atom stereocenters. The van der Waals surface area contributed by atoms with Gasteiger partial charge in [-0.25, -0.2) is 4.79 Å². The molecule has 1 aliphatic rings. The van der Waals surface area contributed by atoms with Crippen LogP contribution in [0.15, 0.2) is 0 Å². The van der Waals surface area contributed by atoms with E-state index in [1.165, 1.54) is 0 Å². The Morgan fingerprint density at radius 1 is 1.24 bits per heavy atom. The van der Waals surface area contributed by atoms with Crippen LogP contribution >= 0.6 is 0 Å². The van der Waals surface area contributed by atoms with Crippen LogP contribution in [-0.4, -0.2) is 39.3 Å². The van der Waals surface area contributed by atoms with E-state index in [4.69, 9.17) is 0 Å². The third-order valence-corrected chi connectivity index (χ3v) is 3.34. The first-order valence-electron chi connectivity index (χ1n) is 6.35. The number of hydrogen-bond donors (Lipinski definition) is 2. The molecular formula is C13H26N2O2. The number of rotatable bonds is 2. The highest BCUT2D eigenvalue weighted by atomic mass is 16.4. The molecule has 1 aliphatic heterocycles. The Morgan fingerprint density at radius 2 is 1.65 bits per heavy atom. The van der Waals surface area contributed by atoms with Gasteiger partial charge in [0.1, 0.15) is 0 Å². The highest BCUT2D eigenvalue weighted by molar-refractivity contribution is 5.65. The normalized spacial score (nSPS) is 23.7. The summed E-state index contributed by atoms with van der Waals surface area (Å²) in [6.45, 7) is 12.4. The van der Waals surface area contributed by atoms with Crippen LogP contribution in [0.5, 0.6) is 0 Å². The number of piperidine rings is 1. The number of nitrogens with zero attached hydrogens (tertiary/aromatic N) is 1. The summed E-state index contributed by atoms with van der Waals surface area (Å²) in [7, 11) is 0. The molecule has 0 aromatic rings. The van der Waals surface area contributed by atoms with Crippen molar-refractivity contribution >= 4 is 6.09 Å². The fraction of sp³-hybridized carbons (Fsp3) is 0.923. The summed E-state index contributed by atoms with van der Waals surface area (Å²) in [5.74, 6) is 0. The van der Waals surface area contributed by atoms with Crippen LogP contribution in [0, 0.1) is 0 Å². The molecular weight excluding hydrogens is 216 g/mol. The Labute approximate surface area is 104 Å². The van der Waals surface area contributed by atoms with Gasteiger partial charge in [-0.3, -0.25) is 0 Å². The lowest BCUT2D eigenvalue weighted by Crippen LogP contribution is -2.63. The molecule has 17 heavy (non-hydrogen) atoms. The van der Waals surface area contributed by atoms with Crippen molar-refractivity contribution in [1.29, 1.82) is 0 Å². The molecule has 0 spiro atoms. The van der Waals surface area contributed by atoms with E-state index in [2.05, 4.69) is 33.0 Å². The van der Waals surface area contributed by atoms with Crippen molar-refractivity contribution in [2.45, 2.75) is 77.5 Å². The van der Waals surface area contributed by atoms with E-state index >= 15 is 0 Å². The van der Waals surface area contributed by atoms with E-state index < -0.39 is 6.09 Å². The minimum Gasteiger partial charge on any atom is -0.465 e. The van der Waals surface area contributed by atoms with Gasteiger partial charge < -0.3 is 15.3 Å². The molecule has 2 N–H and O–H groups in total. The molecule has 1 saturated heterocycles. The van der Waals surface area contributed by atoms with E-state index in [9.17, 15) is 9.90 Å². The first-order chi connectivity index (χ1) is 7.54. The Morgan fingerprint density at radius 3 is 1.94 bits per heavy atom. The molecule has 1 fully saturated rings. The maximum atomic E-state index is 11.4. The van der Waals surface area contributed by atoms with Gasteiger partial charge in [0.15, 0.2) is 0 Å². The monoisotopic (exact) mass is 242 g/mol. The Bertz CT molecular complexity index is 282. The van der Waals surface area contributed by atoms with Crippen LogP contribution in [0.3, 0.4) is 0 Å². The van der Waals surface area contributed by atoms with E-state index in [-0.39, 0.29) is 23.2 Å². The van der Waals surface area contributed by atoms with Gasteiger partial charge in [0.25, 0.3) is 0 Å². The molecule has 0 aliphatic carbocycles. The number of hydrogen-bond acceptors (Lipinski definition) is 2. The van der Waals surface area contributed by atoms with Crippen molar-refractivity contribution in [3.63, 3.8) is 0 Å². The van der Waals surface area contributed by atoms with Crippen molar-refractivity contribution in [2.75, 3.05) is 0 Å². The van der Waals surface area contributed by atoms with Crippen LogP contribution in [0.2, 0.25) is 0 Å². The van der Waals surface area contributed by atoms with Gasteiger partial charge in [0, 0.05) is 23.2 Å². The summed E-state index contributed by atoms with van der Waals surface area (Å²) < 4.78 is 0. The maximum absolute atomic E-state index is 11.4. The minimum atomic E-state index is -0.807. The quantitative estimate of drug-likeness (QED) is 0.782. The minimum absolute atomic E-state index is 0.0188. The van der Waals surface area contributed by atoms with E-state index in [0.29, 0.717) is 0 Å². The average Bonchev–Trinajstić information content (AvgIpc) is 1.93.